The molecule has 8 heteroatoms. The van der Waals surface area contributed by atoms with Gasteiger partial charge < -0.3 is 5.32 Å². The highest BCUT2D eigenvalue weighted by Gasteiger charge is 2.10. The summed E-state index contributed by atoms with van der Waals surface area (Å²) in [7, 11) is -3.85. The number of benzene rings is 1. The third kappa shape index (κ3) is 4.26. The summed E-state index contributed by atoms with van der Waals surface area (Å²) >= 11 is 0. The third-order valence-corrected chi connectivity index (χ3v) is 3.15. The highest BCUT2D eigenvalue weighted by molar-refractivity contribution is 7.90. The Morgan fingerprint density at radius 2 is 1.90 bits per heavy atom. The van der Waals surface area contributed by atoms with Gasteiger partial charge in [-0.1, -0.05) is 6.07 Å². The first-order valence-electron chi connectivity index (χ1n) is 5.99. The fourth-order valence-electron chi connectivity index (χ4n) is 1.75. The monoisotopic (exact) mass is 306 g/mol. The van der Waals surface area contributed by atoms with Crippen molar-refractivity contribution in [1.29, 1.82) is 0 Å². The number of nitrogens with two attached hydrogens (primary N) is 1. The van der Waals surface area contributed by atoms with E-state index in [1.54, 1.807) is 37.4 Å². The Bertz CT molecular complexity index is 774. The summed E-state index contributed by atoms with van der Waals surface area (Å²) in [6.45, 7) is 1.73. The van der Waals surface area contributed by atoms with Gasteiger partial charge in [-0.3, -0.25) is 14.5 Å². The molecule has 0 bridgehead atoms. The number of amides is 1. The highest BCUT2D eigenvalue weighted by Crippen LogP contribution is 2.17. The molecule has 1 aromatic carbocycles. The van der Waals surface area contributed by atoms with Gasteiger partial charge in [0.2, 0.25) is 0 Å². The van der Waals surface area contributed by atoms with E-state index in [1.165, 1.54) is 12.1 Å². The van der Waals surface area contributed by atoms with Crippen LogP contribution in [-0.4, -0.2) is 19.3 Å². The number of anilines is 2. The number of hydrogen-bond donors (Lipinski definition) is 3. The minimum atomic E-state index is -3.85. The molecular formula is C13H14N4O3S. The molecule has 4 N–H and O–H groups in total. The minimum Gasteiger partial charge on any atom is -0.322 e. The van der Waals surface area contributed by atoms with Crippen molar-refractivity contribution in [2.75, 3.05) is 10.0 Å². The zero-order valence-corrected chi connectivity index (χ0v) is 12.0. The van der Waals surface area contributed by atoms with E-state index < -0.39 is 10.2 Å². The molecule has 0 spiro atoms. The summed E-state index contributed by atoms with van der Waals surface area (Å²) in [6.07, 6.45) is 1.60. The van der Waals surface area contributed by atoms with Crippen LogP contribution < -0.4 is 15.2 Å². The Kier molecular flexibility index (Phi) is 4.20. The molecule has 21 heavy (non-hydrogen) atoms. The van der Waals surface area contributed by atoms with Crippen LogP contribution in [0.15, 0.2) is 42.6 Å². The number of aromatic nitrogens is 1. The fraction of sp³-hybridized carbons (Fsp3) is 0.0769. The van der Waals surface area contributed by atoms with Crippen LogP contribution in [0.3, 0.4) is 0 Å². The van der Waals surface area contributed by atoms with Gasteiger partial charge in [-0.25, -0.2) is 5.14 Å². The molecule has 1 amide bonds. The summed E-state index contributed by atoms with van der Waals surface area (Å²) in [4.78, 5) is 16.2. The van der Waals surface area contributed by atoms with Crippen molar-refractivity contribution in [3.8, 4) is 0 Å². The molecular weight excluding hydrogens is 292 g/mol. The number of nitrogens with zero attached hydrogens (tertiary/aromatic N) is 1. The summed E-state index contributed by atoms with van der Waals surface area (Å²) < 4.78 is 24.1. The van der Waals surface area contributed by atoms with Gasteiger partial charge >= 0.3 is 0 Å². The van der Waals surface area contributed by atoms with Crippen molar-refractivity contribution >= 4 is 27.5 Å². The highest BCUT2D eigenvalue weighted by atomic mass is 32.2. The van der Waals surface area contributed by atoms with E-state index in [0.717, 1.165) is 0 Å². The molecule has 0 saturated heterocycles. The number of carbonyl (C=O) groups is 1. The van der Waals surface area contributed by atoms with Crippen LogP contribution in [0.5, 0.6) is 0 Å². The summed E-state index contributed by atoms with van der Waals surface area (Å²) in [6, 6.07) is 9.55. The van der Waals surface area contributed by atoms with E-state index in [1.807, 2.05) is 0 Å². The largest absolute Gasteiger partial charge is 0.322 e. The molecule has 1 aromatic heterocycles. The maximum absolute atomic E-state index is 12.1. The Morgan fingerprint density at radius 1 is 1.19 bits per heavy atom. The maximum Gasteiger partial charge on any atom is 0.296 e. The molecule has 1 heterocycles. The maximum atomic E-state index is 12.1. The van der Waals surface area contributed by atoms with Crippen LogP contribution in [0, 0.1) is 6.92 Å². The lowest BCUT2D eigenvalue weighted by atomic mass is 10.2. The van der Waals surface area contributed by atoms with Crippen LogP contribution in [0.1, 0.15) is 16.1 Å². The van der Waals surface area contributed by atoms with E-state index in [0.29, 0.717) is 16.9 Å². The predicted octanol–water partition coefficient (Wildman–Crippen LogP) is 1.26. The molecule has 0 aliphatic rings. The number of pyridine rings is 1. The second-order valence-corrected chi connectivity index (χ2v) is 5.61. The first kappa shape index (κ1) is 14.9. The zero-order chi connectivity index (χ0) is 15.5. The second kappa shape index (κ2) is 5.90. The number of aryl methyl sites for hydroxylation is 1. The van der Waals surface area contributed by atoms with E-state index in [4.69, 9.17) is 5.14 Å². The van der Waals surface area contributed by atoms with Gasteiger partial charge in [0.15, 0.2) is 0 Å². The van der Waals surface area contributed by atoms with Crippen LogP contribution in [0.25, 0.3) is 0 Å². The van der Waals surface area contributed by atoms with Crippen molar-refractivity contribution in [2.45, 2.75) is 6.92 Å². The molecule has 0 fully saturated rings. The van der Waals surface area contributed by atoms with Gasteiger partial charge in [0.05, 0.1) is 11.3 Å². The van der Waals surface area contributed by atoms with Gasteiger partial charge in [0.1, 0.15) is 0 Å². The number of nitrogens with one attached hydrogen (secondary N) is 2. The SMILES string of the molecule is Cc1ncccc1C(=O)Nc1cccc(NS(N)(=O)=O)c1. The lowest BCUT2D eigenvalue weighted by molar-refractivity contribution is 0.102. The third-order valence-electron chi connectivity index (χ3n) is 2.63. The Labute approximate surface area is 122 Å². The van der Waals surface area contributed by atoms with Crippen LogP contribution in [0.4, 0.5) is 11.4 Å². The number of hydrogen-bond acceptors (Lipinski definition) is 4. The Morgan fingerprint density at radius 3 is 2.57 bits per heavy atom. The van der Waals surface area contributed by atoms with Gasteiger partial charge in [-0.2, -0.15) is 8.42 Å². The smallest absolute Gasteiger partial charge is 0.296 e. The standard InChI is InChI=1S/C13H14N4O3S/c1-9-12(6-3-7-15-9)13(18)16-10-4-2-5-11(8-10)17-21(14,19)20/h2-8,17H,1H3,(H,16,18)(H2,14,19,20). The van der Waals surface area contributed by atoms with Gasteiger partial charge in [0.25, 0.3) is 16.1 Å². The van der Waals surface area contributed by atoms with Crippen molar-refractivity contribution in [3.05, 3.63) is 53.9 Å². The molecule has 0 unspecified atom stereocenters. The molecule has 110 valence electrons. The van der Waals surface area contributed by atoms with Gasteiger partial charge in [-0.05, 0) is 37.3 Å². The molecule has 0 atom stereocenters. The van der Waals surface area contributed by atoms with E-state index >= 15 is 0 Å². The lowest BCUT2D eigenvalue weighted by Crippen LogP contribution is -2.21. The molecule has 2 aromatic rings. The molecule has 0 saturated carbocycles. The van der Waals surface area contributed by atoms with Crippen molar-refractivity contribution in [2.24, 2.45) is 5.14 Å². The second-order valence-electron chi connectivity index (χ2n) is 4.32. The predicted molar refractivity (Wildman–Crippen MR) is 80.1 cm³/mol. The average Bonchev–Trinajstić information content (AvgIpc) is 2.37. The molecule has 0 radical (unpaired) electrons. The zero-order valence-electron chi connectivity index (χ0n) is 11.2. The van der Waals surface area contributed by atoms with Crippen LogP contribution in [0.2, 0.25) is 0 Å². The van der Waals surface area contributed by atoms with Crippen molar-refractivity contribution < 1.29 is 13.2 Å². The number of rotatable bonds is 4. The van der Waals surface area contributed by atoms with E-state index in [-0.39, 0.29) is 11.6 Å². The molecule has 0 aliphatic carbocycles. The first-order valence-corrected chi connectivity index (χ1v) is 7.53. The Hall–Kier alpha value is -2.45. The summed E-state index contributed by atoms with van der Waals surface area (Å²) in [5.41, 5.74) is 1.76. The quantitative estimate of drug-likeness (QED) is 0.788. The normalized spacial score (nSPS) is 11.0. The van der Waals surface area contributed by atoms with Gasteiger partial charge in [-0.15, -0.1) is 0 Å². The van der Waals surface area contributed by atoms with Crippen molar-refractivity contribution in [1.82, 2.24) is 4.98 Å². The van der Waals surface area contributed by atoms with Crippen LogP contribution in [-0.2, 0) is 10.2 Å². The van der Waals surface area contributed by atoms with Crippen molar-refractivity contribution in [3.63, 3.8) is 0 Å². The topological polar surface area (TPSA) is 114 Å². The Balaban J connectivity index is 2.19. The lowest BCUT2D eigenvalue weighted by Gasteiger charge is -2.09. The first-order chi connectivity index (χ1) is 9.85. The fourth-order valence-corrected chi connectivity index (χ4v) is 2.20. The number of carbonyl (C=O) groups excluding carboxylic acids is 1. The van der Waals surface area contributed by atoms with E-state index in [2.05, 4.69) is 15.0 Å². The summed E-state index contributed by atoms with van der Waals surface area (Å²) in [5, 5.41) is 7.57. The van der Waals surface area contributed by atoms with E-state index in [9.17, 15) is 13.2 Å². The molecule has 2 rings (SSSR count). The average molecular weight is 306 g/mol. The summed E-state index contributed by atoms with van der Waals surface area (Å²) in [5.74, 6) is -0.326. The van der Waals surface area contributed by atoms with Gasteiger partial charge in [0, 0.05) is 17.6 Å². The minimum absolute atomic E-state index is 0.262. The molecule has 0 aliphatic heterocycles. The molecule has 7 nitrogen and oxygen atoms in total. The van der Waals surface area contributed by atoms with Crippen LogP contribution >= 0.6 is 0 Å².